The number of imidazole rings is 1. The summed E-state index contributed by atoms with van der Waals surface area (Å²) < 4.78 is 26.3. The Labute approximate surface area is 273 Å². The highest BCUT2D eigenvalue weighted by molar-refractivity contribution is 7.08. The van der Waals surface area contributed by atoms with Gasteiger partial charge in [0.15, 0.2) is 23.6 Å². The summed E-state index contributed by atoms with van der Waals surface area (Å²) in [6, 6.07) is 16.7. The number of pyridine rings is 1. The lowest BCUT2D eigenvalue weighted by Gasteiger charge is -2.39. The molecule has 0 spiro atoms. The Morgan fingerprint density at radius 3 is 2.57 bits per heavy atom. The van der Waals surface area contributed by atoms with E-state index < -0.39 is 24.3 Å². The molecule has 8 nitrogen and oxygen atoms in total. The Morgan fingerprint density at radius 1 is 1.05 bits per heavy atom. The largest absolute Gasteiger partial charge is 0.477 e. The van der Waals surface area contributed by atoms with Crippen molar-refractivity contribution in [2.75, 3.05) is 25.6 Å². The highest BCUT2D eigenvalue weighted by atomic mass is 35.5. The van der Waals surface area contributed by atoms with Crippen LogP contribution in [-0.2, 0) is 25.4 Å². The van der Waals surface area contributed by atoms with E-state index in [1.165, 1.54) is 11.3 Å². The Balaban J connectivity index is 1.34. The first kappa shape index (κ1) is 30.7. The number of hydrogen-bond acceptors (Lipinski definition) is 8. The maximum atomic E-state index is 13.7. The fourth-order valence-corrected chi connectivity index (χ4v) is 6.65. The fraction of sp³-hybridized carbons (Fsp3) is 0.250. The SMILES string of the molecule is COCCO[C@@H]1c2ccn3c(Cl)c(C)nc3c2O[C@H](c2ccccc2)[C@@H]1OC(=O)Cc1cscc1Nc1c(Cl)cccc1Cl. The van der Waals surface area contributed by atoms with Gasteiger partial charge in [0, 0.05) is 24.3 Å². The van der Waals surface area contributed by atoms with Gasteiger partial charge in [-0.25, -0.2) is 4.98 Å². The van der Waals surface area contributed by atoms with Crippen LogP contribution in [0.25, 0.3) is 5.65 Å². The average molecular weight is 673 g/mol. The summed E-state index contributed by atoms with van der Waals surface area (Å²) in [6.45, 7) is 2.46. The molecule has 12 heteroatoms. The molecule has 228 valence electrons. The third-order valence-electron chi connectivity index (χ3n) is 7.31. The molecule has 1 aliphatic rings. The molecule has 0 amide bonds. The Morgan fingerprint density at radius 2 is 1.82 bits per heavy atom. The first-order valence-corrected chi connectivity index (χ1v) is 15.9. The highest BCUT2D eigenvalue weighted by Crippen LogP contribution is 2.47. The van der Waals surface area contributed by atoms with Crippen LogP contribution in [0.5, 0.6) is 5.75 Å². The maximum Gasteiger partial charge on any atom is 0.310 e. The van der Waals surface area contributed by atoms with Crippen LogP contribution in [0.1, 0.15) is 34.6 Å². The van der Waals surface area contributed by atoms with Crippen molar-refractivity contribution in [3.8, 4) is 5.75 Å². The van der Waals surface area contributed by atoms with Gasteiger partial charge in [0.25, 0.3) is 0 Å². The number of esters is 1. The summed E-state index contributed by atoms with van der Waals surface area (Å²) in [5.74, 6) is 0.0721. The summed E-state index contributed by atoms with van der Waals surface area (Å²) in [7, 11) is 1.60. The number of aromatic nitrogens is 2. The zero-order chi connectivity index (χ0) is 30.8. The molecule has 0 saturated heterocycles. The molecule has 0 bridgehead atoms. The molecule has 44 heavy (non-hydrogen) atoms. The van der Waals surface area contributed by atoms with Gasteiger partial charge in [0.2, 0.25) is 0 Å². The Bertz CT molecular complexity index is 1770. The van der Waals surface area contributed by atoms with Crippen molar-refractivity contribution in [1.29, 1.82) is 0 Å². The molecule has 0 fully saturated rings. The van der Waals surface area contributed by atoms with Crippen molar-refractivity contribution >= 4 is 69.1 Å². The normalized spacial score (nSPS) is 17.7. The topological polar surface area (TPSA) is 83.3 Å². The van der Waals surface area contributed by atoms with Crippen molar-refractivity contribution in [3.05, 3.63) is 109 Å². The lowest BCUT2D eigenvalue weighted by Crippen LogP contribution is -2.40. The molecule has 0 radical (unpaired) electrons. The molecule has 1 N–H and O–H groups in total. The number of anilines is 2. The standard InChI is InChI=1S/C32H28Cl3N3O5S/c1-18-31(35)38-12-11-21-28(41-14-13-40-2)30(27(19-7-4-3-5-8-19)43-29(21)32(38)36-18)42-25(39)15-20-16-44-17-24(20)37-26-22(33)9-6-10-23(26)34/h3-12,16-17,27-28,30,37H,13-15H2,1-2H3/t27-,28-,30+/m1/s1. The second-order valence-corrected chi connectivity index (χ2v) is 12.1. The van der Waals surface area contributed by atoms with E-state index >= 15 is 0 Å². The number of thiophene rings is 1. The molecule has 0 saturated carbocycles. The summed E-state index contributed by atoms with van der Waals surface area (Å²) in [5, 5.41) is 8.49. The van der Waals surface area contributed by atoms with Gasteiger partial charge in [-0.15, -0.1) is 11.3 Å². The number of nitrogens with zero attached hydrogens (tertiary/aromatic N) is 2. The van der Waals surface area contributed by atoms with Gasteiger partial charge in [0.05, 0.1) is 46.7 Å². The number of carbonyl (C=O) groups is 1. The van der Waals surface area contributed by atoms with E-state index in [9.17, 15) is 4.79 Å². The molecule has 0 unspecified atom stereocenters. The third-order valence-corrected chi connectivity index (χ3v) is 9.19. The number of fused-ring (bicyclic) bond motifs is 3. The van der Waals surface area contributed by atoms with Crippen LogP contribution in [0, 0.1) is 6.92 Å². The van der Waals surface area contributed by atoms with Crippen LogP contribution < -0.4 is 10.1 Å². The third kappa shape index (κ3) is 6.13. The fourth-order valence-electron chi connectivity index (χ4n) is 5.19. The van der Waals surface area contributed by atoms with Crippen molar-refractivity contribution in [2.45, 2.75) is 31.7 Å². The minimum Gasteiger partial charge on any atom is -0.477 e. The van der Waals surface area contributed by atoms with E-state index in [4.69, 9.17) is 53.8 Å². The van der Waals surface area contributed by atoms with E-state index in [1.54, 1.807) is 29.7 Å². The van der Waals surface area contributed by atoms with Crippen LogP contribution in [0.2, 0.25) is 15.2 Å². The minimum absolute atomic E-state index is 0.00232. The first-order chi connectivity index (χ1) is 21.4. The van der Waals surface area contributed by atoms with Gasteiger partial charge in [-0.3, -0.25) is 9.20 Å². The number of benzene rings is 2. The second-order valence-electron chi connectivity index (χ2n) is 10.2. The van der Waals surface area contributed by atoms with Gasteiger partial charge in [-0.2, -0.15) is 0 Å². The molecule has 3 atom stereocenters. The molecule has 5 aromatic rings. The van der Waals surface area contributed by atoms with Crippen LogP contribution in [-0.4, -0.2) is 41.8 Å². The highest BCUT2D eigenvalue weighted by Gasteiger charge is 2.44. The van der Waals surface area contributed by atoms with E-state index in [2.05, 4.69) is 10.3 Å². The van der Waals surface area contributed by atoms with Crippen LogP contribution in [0.3, 0.4) is 0 Å². The number of carbonyl (C=O) groups excluding carboxylic acids is 1. The number of hydrogen-bond donors (Lipinski definition) is 1. The summed E-state index contributed by atoms with van der Waals surface area (Å²) >= 11 is 20.7. The van der Waals surface area contributed by atoms with Crippen LogP contribution in [0.4, 0.5) is 11.4 Å². The first-order valence-electron chi connectivity index (χ1n) is 13.8. The summed E-state index contributed by atoms with van der Waals surface area (Å²) in [6.07, 6.45) is -0.374. The molecule has 3 aromatic heterocycles. The molecule has 1 aliphatic heterocycles. The average Bonchev–Trinajstić information content (AvgIpc) is 3.58. The van der Waals surface area contributed by atoms with E-state index in [1.807, 2.05) is 60.3 Å². The maximum absolute atomic E-state index is 13.7. The smallest absolute Gasteiger partial charge is 0.310 e. The summed E-state index contributed by atoms with van der Waals surface area (Å²) in [4.78, 5) is 18.3. The lowest BCUT2D eigenvalue weighted by molar-refractivity contribution is -0.172. The van der Waals surface area contributed by atoms with Gasteiger partial charge in [-0.1, -0.05) is 71.2 Å². The quantitative estimate of drug-likeness (QED) is 0.118. The lowest BCUT2D eigenvalue weighted by atomic mass is 9.92. The monoisotopic (exact) mass is 671 g/mol. The van der Waals surface area contributed by atoms with E-state index in [-0.39, 0.29) is 13.0 Å². The molecule has 6 rings (SSSR count). The van der Waals surface area contributed by atoms with Crippen molar-refractivity contribution in [1.82, 2.24) is 9.38 Å². The van der Waals surface area contributed by atoms with E-state index in [0.29, 0.717) is 55.8 Å². The number of rotatable bonds is 10. The molecule has 4 heterocycles. The zero-order valence-corrected chi connectivity index (χ0v) is 26.8. The number of nitrogens with one attached hydrogen (secondary N) is 1. The number of para-hydroxylation sites is 1. The number of aryl methyl sites for hydroxylation is 1. The molecular weight excluding hydrogens is 645 g/mol. The molecule has 2 aromatic carbocycles. The predicted molar refractivity (Wildman–Crippen MR) is 173 cm³/mol. The number of ether oxygens (including phenoxy) is 4. The zero-order valence-electron chi connectivity index (χ0n) is 23.8. The van der Waals surface area contributed by atoms with Gasteiger partial charge in [-0.05, 0) is 41.6 Å². The van der Waals surface area contributed by atoms with Crippen molar-refractivity contribution in [2.24, 2.45) is 0 Å². The van der Waals surface area contributed by atoms with E-state index in [0.717, 1.165) is 11.1 Å². The Hall–Kier alpha value is -3.31. The van der Waals surface area contributed by atoms with Gasteiger partial charge in [0.1, 0.15) is 11.3 Å². The predicted octanol–water partition coefficient (Wildman–Crippen LogP) is 8.40. The molecule has 0 aliphatic carbocycles. The van der Waals surface area contributed by atoms with Crippen LogP contribution in [0.15, 0.2) is 71.6 Å². The molecular formula is C32H28Cl3N3O5S. The Kier molecular flexibility index (Phi) is 9.32. The van der Waals surface area contributed by atoms with Crippen LogP contribution >= 0.6 is 46.1 Å². The minimum atomic E-state index is -0.823. The number of halogens is 3. The van der Waals surface area contributed by atoms with Gasteiger partial charge >= 0.3 is 5.97 Å². The van der Waals surface area contributed by atoms with Crippen molar-refractivity contribution < 1.29 is 23.7 Å². The second kappa shape index (κ2) is 13.4. The number of methoxy groups -OCH3 is 1. The van der Waals surface area contributed by atoms with Crippen molar-refractivity contribution in [3.63, 3.8) is 0 Å². The van der Waals surface area contributed by atoms with Gasteiger partial charge < -0.3 is 24.3 Å². The summed E-state index contributed by atoms with van der Waals surface area (Å²) in [5.41, 5.74) is 4.77.